The van der Waals surface area contributed by atoms with Crippen LogP contribution in [0.3, 0.4) is 0 Å². The fraction of sp³-hybridized carbons (Fsp3) is 0.562. The van der Waals surface area contributed by atoms with Gasteiger partial charge in [0, 0.05) is 23.9 Å². The first-order valence-electron chi connectivity index (χ1n) is 7.41. The van der Waals surface area contributed by atoms with Crippen molar-refractivity contribution >= 4 is 17.7 Å². The van der Waals surface area contributed by atoms with E-state index in [4.69, 9.17) is 5.11 Å². The molecule has 4 heteroatoms. The number of nitrogens with zero attached hydrogens (tertiary/aromatic N) is 1. The van der Waals surface area contributed by atoms with Gasteiger partial charge in [0.1, 0.15) is 0 Å². The lowest BCUT2D eigenvalue weighted by atomic mass is 9.91. The summed E-state index contributed by atoms with van der Waals surface area (Å²) in [4.78, 5) is 14.9. The summed E-state index contributed by atoms with van der Waals surface area (Å²) in [6, 6.07) is 9.18. The van der Waals surface area contributed by atoms with Crippen molar-refractivity contribution in [3.63, 3.8) is 0 Å². The predicted octanol–water partition coefficient (Wildman–Crippen LogP) is 3.41. The zero-order valence-corrected chi connectivity index (χ0v) is 12.4. The quantitative estimate of drug-likeness (QED) is 0.926. The molecule has 2 unspecified atom stereocenters. The van der Waals surface area contributed by atoms with E-state index in [1.54, 1.807) is 0 Å². The molecule has 1 N–H and O–H groups in total. The van der Waals surface area contributed by atoms with Crippen LogP contribution in [0.25, 0.3) is 0 Å². The summed E-state index contributed by atoms with van der Waals surface area (Å²) >= 11 is 1.95. The lowest BCUT2D eigenvalue weighted by molar-refractivity contribution is -0.138. The van der Waals surface area contributed by atoms with E-state index < -0.39 is 5.97 Å². The molecule has 108 valence electrons. The molecular formula is C16H21NO2S. The number of rotatable bonds is 3. The molecule has 0 spiro atoms. The normalized spacial score (nSPS) is 27.0. The Hall–Kier alpha value is -1.00. The van der Waals surface area contributed by atoms with Crippen LogP contribution in [0.1, 0.15) is 37.3 Å². The van der Waals surface area contributed by atoms with E-state index in [1.807, 2.05) is 11.8 Å². The summed E-state index contributed by atoms with van der Waals surface area (Å²) in [7, 11) is 0. The highest BCUT2D eigenvalue weighted by molar-refractivity contribution is 7.99. The van der Waals surface area contributed by atoms with Crippen molar-refractivity contribution in [2.75, 3.05) is 18.8 Å². The zero-order chi connectivity index (χ0) is 13.9. The van der Waals surface area contributed by atoms with Crippen LogP contribution >= 0.6 is 11.8 Å². The second-order valence-electron chi connectivity index (χ2n) is 5.79. The monoisotopic (exact) mass is 291 g/mol. The summed E-state index contributed by atoms with van der Waals surface area (Å²) in [5.41, 5.74) is 1.44. The number of benzene rings is 1. The average Bonchev–Trinajstić information content (AvgIpc) is 2.46. The van der Waals surface area contributed by atoms with E-state index >= 15 is 0 Å². The van der Waals surface area contributed by atoms with Gasteiger partial charge in [-0.1, -0.05) is 18.2 Å². The van der Waals surface area contributed by atoms with Crippen molar-refractivity contribution in [1.29, 1.82) is 0 Å². The third-order valence-electron chi connectivity index (χ3n) is 4.38. The molecule has 1 fully saturated rings. The molecule has 2 aliphatic rings. The molecule has 2 atom stereocenters. The molecule has 3 nitrogen and oxygen atoms in total. The van der Waals surface area contributed by atoms with E-state index in [2.05, 4.69) is 29.2 Å². The number of likely N-dealkylation sites (tertiary alicyclic amines) is 1. The number of hydrogen-bond acceptors (Lipinski definition) is 3. The van der Waals surface area contributed by atoms with E-state index in [1.165, 1.54) is 22.6 Å². The fourth-order valence-corrected chi connectivity index (χ4v) is 4.60. The molecule has 0 saturated carbocycles. The van der Waals surface area contributed by atoms with Gasteiger partial charge in [0.15, 0.2) is 0 Å². The van der Waals surface area contributed by atoms with Crippen molar-refractivity contribution < 1.29 is 9.90 Å². The van der Waals surface area contributed by atoms with Gasteiger partial charge in [0.2, 0.25) is 0 Å². The Bertz CT molecular complexity index is 491. The number of hydrogen-bond donors (Lipinski definition) is 1. The second-order valence-corrected chi connectivity index (χ2v) is 6.93. The number of carboxylic acid groups (broad SMARTS) is 1. The minimum Gasteiger partial charge on any atom is -0.481 e. The first-order valence-corrected chi connectivity index (χ1v) is 8.40. The maximum absolute atomic E-state index is 10.9. The molecule has 0 aliphatic carbocycles. The smallest absolute Gasteiger partial charge is 0.303 e. The predicted molar refractivity (Wildman–Crippen MR) is 81.1 cm³/mol. The summed E-state index contributed by atoms with van der Waals surface area (Å²) < 4.78 is 0. The third-order valence-corrected chi connectivity index (χ3v) is 5.50. The van der Waals surface area contributed by atoms with Crippen LogP contribution in [-0.2, 0) is 4.79 Å². The Kier molecular flexibility index (Phi) is 4.32. The van der Waals surface area contributed by atoms with Gasteiger partial charge < -0.3 is 5.11 Å². The van der Waals surface area contributed by atoms with Crippen LogP contribution in [0, 0.1) is 5.92 Å². The molecule has 0 amide bonds. The average molecular weight is 291 g/mol. The van der Waals surface area contributed by atoms with Gasteiger partial charge in [0.25, 0.3) is 0 Å². The standard InChI is InChI=1S/C16H21NO2S/c18-16(19)10-12-4-3-8-17(11-12)14-7-9-20-15-6-2-1-5-13(14)15/h1-2,5-6,12,14H,3-4,7-11H2,(H,18,19). The molecule has 0 aromatic heterocycles. The van der Waals surface area contributed by atoms with Crippen LogP contribution in [0.5, 0.6) is 0 Å². The fourth-order valence-electron chi connectivity index (χ4n) is 3.50. The topological polar surface area (TPSA) is 40.5 Å². The maximum Gasteiger partial charge on any atom is 0.303 e. The van der Waals surface area contributed by atoms with E-state index in [0.717, 1.165) is 25.9 Å². The Balaban J connectivity index is 1.74. The Morgan fingerprint density at radius 3 is 3.05 bits per heavy atom. The molecule has 1 saturated heterocycles. The van der Waals surface area contributed by atoms with Crippen molar-refractivity contribution in [2.24, 2.45) is 5.92 Å². The molecule has 0 radical (unpaired) electrons. The minimum atomic E-state index is -0.656. The highest BCUT2D eigenvalue weighted by atomic mass is 32.2. The third kappa shape index (κ3) is 3.01. The lowest BCUT2D eigenvalue weighted by Gasteiger charge is -2.40. The van der Waals surface area contributed by atoms with Crippen molar-refractivity contribution in [1.82, 2.24) is 4.90 Å². The molecule has 3 rings (SSSR count). The van der Waals surface area contributed by atoms with Gasteiger partial charge in [-0.15, -0.1) is 11.8 Å². The SMILES string of the molecule is O=C(O)CC1CCCN(C2CCSc3ccccc32)C1. The Morgan fingerprint density at radius 1 is 1.35 bits per heavy atom. The molecular weight excluding hydrogens is 270 g/mol. The summed E-state index contributed by atoms with van der Waals surface area (Å²) in [5.74, 6) is 0.835. The first kappa shape index (κ1) is 14.0. The number of aliphatic carboxylic acids is 1. The van der Waals surface area contributed by atoms with Crippen LogP contribution in [0.2, 0.25) is 0 Å². The zero-order valence-electron chi connectivity index (χ0n) is 11.6. The van der Waals surface area contributed by atoms with Gasteiger partial charge >= 0.3 is 5.97 Å². The largest absolute Gasteiger partial charge is 0.481 e. The summed E-state index contributed by atoms with van der Waals surface area (Å²) in [6.07, 6.45) is 3.69. The number of piperidine rings is 1. The lowest BCUT2D eigenvalue weighted by Crippen LogP contribution is -2.40. The van der Waals surface area contributed by atoms with Crippen LogP contribution < -0.4 is 0 Å². The molecule has 2 heterocycles. The van der Waals surface area contributed by atoms with Crippen LogP contribution in [-0.4, -0.2) is 34.8 Å². The Labute approximate surface area is 124 Å². The van der Waals surface area contributed by atoms with E-state index in [9.17, 15) is 4.79 Å². The first-order chi connectivity index (χ1) is 9.74. The molecule has 0 bridgehead atoms. The van der Waals surface area contributed by atoms with Crippen LogP contribution in [0.15, 0.2) is 29.2 Å². The molecule has 1 aromatic carbocycles. The van der Waals surface area contributed by atoms with Gasteiger partial charge in [-0.05, 0) is 49.1 Å². The number of fused-ring (bicyclic) bond motifs is 1. The van der Waals surface area contributed by atoms with Crippen LogP contribution in [0.4, 0.5) is 0 Å². The van der Waals surface area contributed by atoms with Gasteiger partial charge in [0.05, 0.1) is 0 Å². The number of carboxylic acids is 1. The number of thioether (sulfide) groups is 1. The molecule has 20 heavy (non-hydrogen) atoms. The molecule has 2 aliphatic heterocycles. The maximum atomic E-state index is 10.9. The van der Waals surface area contributed by atoms with Crippen molar-refractivity contribution in [3.05, 3.63) is 29.8 Å². The molecule has 1 aromatic rings. The van der Waals surface area contributed by atoms with Gasteiger partial charge in [-0.2, -0.15) is 0 Å². The summed E-state index contributed by atoms with van der Waals surface area (Å²) in [6.45, 7) is 2.05. The van der Waals surface area contributed by atoms with E-state index in [-0.39, 0.29) is 0 Å². The second kappa shape index (κ2) is 6.19. The van der Waals surface area contributed by atoms with Gasteiger partial charge in [-0.3, -0.25) is 9.69 Å². The minimum absolute atomic E-state index is 0.319. The summed E-state index contributed by atoms with van der Waals surface area (Å²) in [5, 5.41) is 9.00. The highest BCUT2D eigenvalue weighted by Crippen LogP contribution is 2.40. The number of carbonyl (C=O) groups is 1. The van der Waals surface area contributed by atoms with Gasteiger partial charge in [-0.25, -0.2) is 0 Å². The highest BCUT2D eigenvalue weighted by Gasteiger charge is 2.30. The van der Waals surface area contributed by atoms with Crippen molar-refractivity contribution in [2.45, 2.75) is 36.6 Å². The van der Waals surface area contributed by atoms with E-state index in [0.29, 0.717) is 18.4 Å². The Morgan fingerprint density at radius 2 is 2.20 bits per heavy atom. The van der Waals surface area contributed by atoms with Crippen molar-refractivity contribution in [3.8, 4) is 0 Å².